The highest BCUT2D eigenvalue weighted by Crippen LogP contribution is 2.31. The number of hydrogen-bond acceptors (Lipinski definition) is 22. The van der Waals surface area contributed by atoms with Gasteiger partial charge in [-0.1, -0.05) is 32.1 Å². The number of ketones is 5. The molecule has 7 atom stereocenters. The van der Waals surface area contributed by atoms with Gasteiger partial charge in [0.15, 0.2) is 5.78 Å². The summed E-state index contributed by atoms with van der Waals surface area (Å²) in [6, 6.07) is -2.14. The highest BCUT2D eigenvalue weighted by molar-refractivity contribution is 5.97. The van der Waals surface area contributed by atoms with E-state index in [1.807, 2.05) is 0 Å². The lowest BCUT2D eigenvalue weighted by Gasteiger charge is -2.26. The Labute approximate surface area is 638 Å². The van der Waals surface area contributed by atoms with E-state index in [0.717, 1.165) is 0 Å². The van der Waals surface area contributed by atoms with Crippen molar-refractivity contribution in [3.63, 3.8) is 0 Å². The number of alkyl carbamates (subject to hydrolysis) is 6. The first-order valence-corrected chi connectivity index (χ1v) is 38.8. The molecule has 0 aliphatic rings. The van der Waals surface area contributed by atoms with Crippen molar-refractivity contribution in [1.29, 1.82) is 0 Å². The molecule has 0 aromatic carbocycles. The van der Waals surface area contributed by atoms with E-state index in [9.17, 15) is 43.2 Å². The van der Waals surface area contributed by atoms with Gasteiger partial charge in [0, 0.05) is 94.4 Å². The summed E-state index contributed by atoms with van der Waals surface area (Å²) in [6.07, 6.45) is 0.399. The molecule has 0 fully saturated rings. The third kappa shape index (κ3) is 54.1. The van der Waals surface area contributed by atoms with E-state index in [4.69, 9.17) is 44.6 Å². The maximum absolute atomic E-state index is 15.5. The number of ether oxygens (including phenoxy) is 7. The molecule has 29 heteroatoms. The molecule has 11 N–H and O–H groups in total. The van der Waals surface area contributed by atoms with Crippen LogP contribution in [0.2, 0.25) is 0 Å². The zero-order valence-corrected chi connectivity index (χ0v) is 68.7. The molecule has 0 rings (SSSR count). The first kappa shape index (κ1) is 99.8. The Morgan fingerprint density at radius 2 is 0.495 bits per heavy atom. The second kappa shape index (κ2) is 51.3. The van der Waals surface area contributed by atoms with Crippen LogP contribution in [-0.2, 0) is 66.7 Å². The molecular formula is C78H141N9O20. The Morgan fingerprint density at radius 1 is 0.271 bits per heavy atom. The SMILES string of the molecule is COC(=O)[C@H](CCCCN)NC(=O)C(CCCCNC(=O)OC(C)(C)C)CC(=O)C(CCCCNC(=O)OC(C)(C)C)CC(=O)C(CCCCNC(=O)OC(C)(C)C)CC(=O)C(CCCCNC(=O)OC(C)(C)C)CC(=O)C(CCCCNC(=O)OC(C)(C)C)CC(=O)[C@H](CCCCN)NC(=O)OC(C)(C)C. The Bertz CT molecular complexity index is 2740. The third-order valence-electron chi connectivity index (χ3n) is 16.4. The molecule has 5 unspecified atom stereocenters. The predicted molar refractivity (Wildman–Crippen MR) is 409 cm³/mol. The number of esters is 1. The standard InChI is InChI=1S/C78H141N9O20/c1-73(2,3)102-67(95)81-43-29-22-34-53(61(89)50-55(36-24-31-45-83-69(97)104-75(7,8)9)63(91)52-57(38-26-33-47-85-71(99)106-77(13,14)15)65(93)86-59(66(94)101-19)40-21-28-42-80)48-60(88)54(35-23-30-44-82-68(96)103-74(4,5)6)49-62(90)56(37-25-32-46-84-70(98)105-76(10,11)12)51-64(92)58(39-20-27-41-79)87-72(100)107-78(16,17)18/h53-59H,20-52,79-80H2,1-19H3,(H,81,95)(H,82,96)(H,83,97)(H,84,98)(H,85,99)(H,86,93)(H,87,100)/t53?,54?,55?,56?,57?,58-,59-/m0/s1. The molecule has 0 heterocycles. The van der Waals surface area contributed by atoms with Gasteiger partial charge in [-0.2, -0.15) is 0 Å². The molecule has 29 nitrogen and oxygen atoms in total. The number of nitrogens with two attached hydrogens (primary N) is 2. The lowest BCUT2D eigenvalue weighted by molar-refractivity contribution is -0.146. The molecule has 618 valence electrons. The number of carbonyl (C=O) groups is 13. The summed E-state index contributed by atoms with van der Waals surface area (Å²) in [6.45, 7) is 32.4. The quantitative estimate of drug-likeness (QED) is 0.0155. The number of Topliss-reactive ketones (excluding diaryl/α,β-unsaturated/α-hetero) is 5. The van der Waals surface area contributed by atoms with Crippen molar-refractivity contribution in [2.24, 2.45) is 41.1 Å². The number of unbranched alkanes of at least 4 members (excludes halogenated alkanes) is 7. The van der Waals surface area contributed by atoms with Gasteiger partial charge in [-0.25, -0.2) is 33.6 Å². The molecule has 0 aliphatic carbocycles. The summed E-state index contributed by atoms with van der Waals surface area (Å²) in [7, 11) is 1.20. The third-order valence-corrected chi connectivity index (χ3v) is 16.4. The molecule has 0 spiro atoms. The zero-order valence-electron chi connectivity index (χ0n) is 68.7. The van der Waals surface area contributed by atoms with E-state index in [2.05, 4.69) is 37.2 Å². The average molecular weight is 1530 g/mol. The van der Waals surface area contributed by atoms with E-state index in [0.29, 0.717) is 103 Å². The molecule has 0 aromatic rings. The van der Waals surface area contributed by atoms with Gasteiger partial charge in [0.1, 0.15) is 62.8 Å². The van der Waals surface area contributed by atoms with Gasteiger partial charge in [0.25, 0.3) is 0 Å². The molecule has 0 aliphatic heterocycles. The first-order valence-electron chi connectivity index (χ1n) is 38.8. The van der Waals surface area contributed by atoms with Crippen molar-refractivity contribution >= 4 is 77.4 Å². The number of nitrogens with one attached hydrogen (secondary N) is 7. The van der Waals surface area contributed by atoms with Crippen LogP contribution in [0.3, 0.4) is 0 Å². The fraction of sp³-hybridized carbons (Fsp3) is 0.833. The van der Waals surface area contributed by atoms with Gasteiger partial charge in [0.05, 0.1) is 13.2 Å². The highest BCUT2D eigenvalue weighted by atomic mass is 16.6. The van der Waals surface area contributed by atoms with Gasteiger partial charge < -0.3 is 81.8 Å². The van der Waals surface area contributed by atoms with Gasteiger partial charge in [0.2, 0.25) is 5.91 Å². The van der Waals surface area contributed by atoms with Crippen LogP contribution >= 0.6 is 0 Å². The van der Waals surface area contributed by atoms with Crippen LogP contribution in [0, 0.1) is 29.6 Å². The molecule has 0 bridgehead atoms. The van der Waals surface area contributed by atoms with Crippen LogP contribution in [-0.4, -0.2) is 176 Å². The molecule has 0 saturated heterocycles. The number of methoxy groups -OCH3 is 1. The van der Waals surface area contributed by atoms with Crippen LogP contribution in [0.1, 0.15) is 292 Å². The lowest BCUT2D eigenvalue weighted by Crippen LogP contribution is -2.45. The number of carbonyl (C=O) groups excluding carboxylic acids is 13. The normalized spacial score (nSPS) is 14.0. The van der Waals surface area contributed by atoms with Crippen LogP contribution in [0.15, 0.2) is 0 Å². The highest BCUT2D eigenvalue weighted by Gasteiger charge is 2.36. The van der Waals surface area contributed by atoms with Crippen molar-refractivity contribution in [2.45, 2.75) is 337 Å². The monoisotopic (exact) mass is 1520 g/mol. The van der Waals surface area contributed by atoms with Crippen molar-refractivity contribution in [3.05, 3.63) is 0 Å². The molecule has 107 heavy (non-hydrogen) atoms. The maximum Gasteiger partial charge on any atom is 0.408 e. The Morgan fingerprint density at radius 3 is 0.748 bits per heavy atom. The number of amides is 7. The molecular weight excluding hydrogens is 1380 g/mol. The van der Waals surface area contributed by atoms with Gasteiger partial charge in [-0.05, 0) is 240 Å². The maximum atomic E-state index is 15.5. The Hall–Kier alpha value is -7.17. The average Bonchev–Trinajstić information content (AvgIpc) is 0.858. The Balaban J connectivity index is 8.13. The van der Waals surface area contributed by atoms with Gasteiger partial charge >= 0.3 is 42.5 Å². The minimum Gasteiger partial charge on any atom is -0.467 e. The van der Waals surface area contributed by atoms with Crippen molar-refractivity contribution in [3.8, 4) is 0 Å². The first-order chi connectivity index (χ1) is 49.6. The van der Waals surface area contributed by atoms with Crippen LogP contribution in [0.25, 0.3) is 0 Å². The lowest BCUT2D eigenvalue weighted by atomic mass is 9.78. The van der Waals surface area contributed by atoms with Crippen LogP contribution in [0.5, 0.6) is 0 Å². The van der Waals surface area contributed by atoms with Crippen molar-refractivity contribution < 1.29 is 95.5 Å². The molecule has 0 saturated carbocycles. The topological polar surface area (TPSA) is 423 Å². The predicted octanol–water partition coefficient (Wildman–Crippen LogP) is 12.1. The van der Waals surface area contributed by atoms with E-state index < -0.39 is 159 Å². The van der Waals surface area contributed by atoms with E-state index in [-0.39, 0.29) is 103 Å². The molecule has 7 amide bonds. The minimum atomic E-state index is -1.07. The van der Waals surface area contributed by atoms with E-state index in [1.54, 1.807) is 125 Å². The smallest absolute Gasteiger partial charge is 0.408 e. The van der Waals surface area contributed by atoms with E-state index >= 15 is 19.2 Å². The second-order valence-corrected chi connectivity index (χ2v) is 33.8. The number of hydrogen-bond donors (Lipinski definition) is 9. The molecule has 0 radical (unpaired) electrons. The van der Waals surface area contributed by atoms with Gasteiger partial charge in [-0.3, -0.25) is 28.8 Å². The largest absolute Gasteiger partial charge is 0.467 e. The summed E-state index contributed by atoms with van der Waals surface area (Å²) in [5, 5.41) is 19.1. The summed E-state index contributed by atoms with van der Waals surface area (Å²) in [5.74, 6) is -8.75. The second-order valence-electron chi connectivity index (χ2n) is 33.8. The zero-order chi connectivity index (χ0) is 81.8. The van der Waals surface area contributed by atoms with Crippen LogP contribution in [0.4, 0.5) is 28.8 Å². The van der Waals surface area contributed by atoms with Crippen LogP contribution < -0.4 is 48.7 Å². The van der Waals surface area contributed by atoms with Gasteiger partial charge in [-0.15, -0.1) is 0 Å². The summed E-state index contributed by atoms with van der Waals surface area (Å²) < 4.78 is 37.7. The van der Waals surface area contributed by atoms with Crippen molar-refractivity contribution in [1.82, 2.24) is 37.2 Å². The summed E-state index contributed by atoms with van der Waals surface area (Å²) >= 11 is 0. The number of rotatable bonds is 52. The molecule has 0 aromatic heterocycles. The van der Waals surface area contributed by atoms with Crippen molar-refractivity contribution in [2.75, 3.05) is 52.9 Å². The minimum absolute atomic E-state index is 0.0911. The Kier molecular flexibility index (Phi) is 47.8. The fourth-order valence-corrected chi connectivity index (χ4v) is 11.4. The van der Waals surface area contributed by atoms with E-state index in [1.165, 1.54) is 7.11 Å². The summed E-state index contributed by atoms with van der Waals surface area (Å²) in [5.41, 5.74) is 6.83. The fourth-order valence-electron chi connectivity index (χ4n) is 11.4. The summed E-state index contributed by atoms with van der Waals surface area (Å²) in [4.78, 5) is 180.